The van der Waals surface area contributed by atoms with Crippen LogP contribution in [0.4, 0.5) is 0 Å². The molecule has 0 amide bonds. The first-order valence-electron chi connectivity index (χ1n) is 5.48. The van der Waals surface area contributed by atoms with Gasteiger partial charge < -0.3 is 0 Å². The second-order valence-corrected chi connectivity index (χ2v) is 5.41. The molecule has 1 saturated heterocycles. The summed E-state index contributed by atoms with van der Waals surface area (Å²) in [7, 11) is -3.97. The van der Waals surface area contributed by atoms with E-state index in [4.69, 9.17) is 14.8 Å². The Morgan fingerprint density at radius 3 is 3.06 bits per heavy atom. The lowest BCUT2D eigenvalue weighted by atomic mass is 10.0. The van der Waals surface area contributed by atoms with Gasteiger partial charge in [0.25, 0.3) is 0 Å². The van der Waals surface area contributed by atoms with Crippen molar-refractivity contribution in [3.05, 3.63) is 35.4 Å². The van der Waals surface area contributed by atoms with Crippen LogP contribution in [0.3, 0.4) is 0 Å². The molecule has 1 N–H and O–H groups in total. The van der Waals surface area contributed by atoms with Crippen molar-refractivity contribution in [1.82, 2.24) is 5.32 Å². The van der Waals surface area contributed by atoms with Gasteiger partial charge in [-0.1, -0.05) is 30.2 Å². The molecule has 6 heteroatoms. The van der Waals surface area contributed by atoms with Crippen LogP contribution in [0.25, 0.3) is 0 Å². The van der Waals surface area contributed by atoms with E-state index in [1.54, 1.807) is 0 Å². The third-order valence-electron chi connectivity index (χ3n) is 3.20. The van der Waals surface area contributed by atoms with Crippen LogP contribution < -0.4 is 5.32 Å². The number of hydrogen-bond acceptors (Lipinski definition) is 5. The highest BCUT2D eigenvalue weighted by Crippen LogP contribution is 2.46. The lowest BCUT2D eigenvalue weighted by molar-refractivity contribution is 0.0180. The van der Waals surface area contributed by atoms with Gasteiger partial charge >= 0.3 is 10.4 Å². The van der Waals surface area contributed by atoms with Gasteiger partial charge in [-0.3, -0.25) is 5.32 Å². The number of rotatable bonds is 2. The molecule has 1 heterocycles. The van der Waals surface area contributed by atoms with Crippen molar-refractivity contribution in [3.63, 3.8) is 0 Å². The molecule has 2 unspecified atom stereocenters. The highest BCUT2D eigenvalue weighted by molar-refractivity contribution is 7.82. The summed E-state index contributed by atoms with van der Waals surface area (Å²) in [5.74, 6) is 2.42. The van der Waals surface area contributed by atoms with E-state index in [1.807, 2.05) is 24.3 Å². The molecule has 1 fully saturated rings. The molecule has 94 valence electrons. The molecule has 1 aromatic rings. The first-order chi connectivity index (χ1) is 8.57. The maximum Gasteiger partial charge on any atom is 0.402 e. The van der Waals surface area contributed by atoms with Crippen molar-refractivity contribution < 1.29 is 16.8 Å². The van der Waals surface area contributed by atoms with Crippen molar-refractivity contribution in [2.24, 2.45) is 0 Å². The lowest BCUT2D eigenvalue weighted by Crippen LogP contribution is -2.47. The molecule has 3 rings (SSSR count). The van der Waals surface area contributed by atoms with Gasteiger partial charge in [0.2, 0.25) is 0 Å². The number of nitrogens with one attached hydrogen (secondary N) is 1. The number of terminal acetylenes is 1. The van der Waals surface area contributed by atoms with E-state index in [0.29, 0.717) is 6.42 Å². The average molecular weight is 265 g/mol. The van der Waals surface area contributed by atoms with Gasteiger partial charge in [0.05, 0.1) is 6.54 Å². The number of fused-ring (bicyclic) bond motifs is 3. The summed E-state index contributed by atoms with van der Waals surface area (Å²) in [6, 6.07) is 7.47. The molecule has 18 heavy (non-hydrogen) atoms. The standard InChI is InChI=1S/C12H11NO4S/c1-2-7-13-12-10-6-4-3-5-9(10)8-11(12)16-18(14,15)17-12/h1,3-6,11,13H,7-8H2. The highest BCUT2D eigenvalue weighted by atomic mass is 32.3. The van der Waals surface area contributed by atoms with Crippen LogP contribution in [0, 0.1) is 12.3 Å². The van der Waals surface area contributed by atoms with E-state index < -0.39 is 22.2 Å². The smallest absolute Gasteiger partial charge is 0.271 e. The van der Waals surface area contributed by atoms with Gasteiger partial charge in [0.1, 0.15) is 6.10 Å². The Morgan fingerprint density at radius 2 is 2.28 bits per heavy atom. The molecule has 0 aromatic heterocycles. The van der Waals surface area contributed by atoms with Gasteiger partial charge in [-0.2, -0.15) is 8.42 Å². The Kier molecular flexibility index (Phi) is 2.47. The van der Waals surface area contributed by atoms with Crippen LogP contribution in [0.1, 0.15) is 11.1 Å². The van der Waals surface area contributed by atoms with E-state index in [2.05, 4.69) is 11.2 Å². The molecule has 2 atom stereocenters. The fraction of sp³-hybridized carbons (Fsp3) is 0.333. The molecule has 1 aliphatic carbocycles. The minimum atomic E-state index is -3.97. The predicted octanol–water partition coefficient (Wildman–Crippen LogP) is 0.279. The summed E-state index contributed by atoms with van der Waals surface area (Å²) in [6.45, 7) is 0.198. The van der Waals surface area contributed by atoms with Crippen LogP contribution in [0.15, 0.2) is 24.3 Å². The van der Waals surface area contributed by atoms with E-state index in [-0.39, 0.29) is 6.54 Å². The second-order valence-electron chi connectivity index (χ2n) is 4.23. The summed E-state index contributed by atoms with van der Waals surface area (Å²) >= 11 is 0. The topological polar surface area (TPSA) is 64.6 Å². The minimum Gasteiger partial charge on any atom is -0.271 e. The van der Waals surface area contributed by atoms with E-state index in [0.717, 1.165) is 11.1 Å². The van der Waals surface area contributed by atoms with Crippen molar-refractivity contribution in [2.75, 3.05) is 6.54 Å². The zero-order chi connectivity index (χ0) is 12.8. The number of benzene rings is 1. The Morgan fingerprint density at radius 1 is 1.50 bits per heavy atom. The monoisotopic (exact) mass is 265 g/mol. The molecule has 0 saturated carbocycles. The zero-order valence-corrected chi connectivity index (χ0v) is 10.2. The first-order valence-corrected chi connectivity index (χ1v) is 6.81. The third kappa shape index (κ3) is 1.56. The fourth-order valence-corrected chi connectivity index (χ4v) is 3.63. The van der Waals surface area contributed by atoms with Crippen molar-refractivity contribution in [3.8, 4) is 12.3 Å². The molecular formula is C12H11NO4S. The van der Waals surface area contributed by atoms with Gasteiger partial charge in [0.15, 0.2) is 5.72 Å². The largest absolute Gasteiger partial charge is 0.402 e. The minimum absolute atomic E-state index is 0.198. The second kappa shape index (κ2) is 3.80. The molecule has 0 spiro atoms. The third-order valence-corrected chi connectivity index (χ3v) is 4.13. The van der Waals surface area contributed by atoms with Gasteiger partial charge in [-0.25, -0.2) is 8.37 Å². The number of hydrogen-bond donors (Lipinski definition) is 1. The van der Waals surface area contributed by atoms with Crippen molar-refractivity contribution >= 4 is 10.4 Å². The van der Waals surface area contributed by atoms with Crippen LogP contribution >= 0.6 is 0 Å². The fourth-order valence-electron chi connectivity index (χ4n) is 2.52. The molecule has 5 nitrogen and oxygen atoms in total. The van der Waals surface area contributed by atoms with Crippen LogP contribution in [-0.4, -0.2) is 21.1 Å². The first kappa shape index (κ1) is 11.7. The van der Waals surface area contributed by atoms with Gasteiger partial charge in [-0.05, 0) is 5.56 Å². The van der Waals surface area contributed by atoms with Gasteiger partial charge in [-0.15, -0.1) is 6.42 Å². The predicted molar refractivity (Wildman–Crippen MR) is 63.5 cm³/mol. The highest BCUT2D eigenvalue weighted by Gasteiger charge is 2.58. The Bertz CT molecular complexity index is 634. The molecular weight excluding hydrogens is 254 g/mol. The molecule has 1 aliphatic heterocycles. The lowest BCUT2D eigenvalue weighted by Gasteiger charge is -2.26. The van der Waals surface area contributed by atoms with Crippen LogP contribution in [0.5, 0.6) is 0 Å². The van der Waals surface area contributed by atoms with Crippen LogP contribution in [0.2, 0.25) is 0 Å². The average Bonchev–Trinajstić information content (AvgIpc) is 2.74. The van der Waals surface area contributed by atoms with Crippen LogP contribution in [-0.2, 0) is 30.9 Å². The summed E-state index contributed by atoms with van der Waals surface area (Å²) in [4.78, 5) is 0. The maximum atomic E-state index is 11.5. The summed E-state index contributed by atoms with van der Waals surface area (Å²) < 4.78 is 33.1. The van der Waals surface area contributed by atoms with Crippen molar-refractivity contribution in [1.29, 1.82) is 0 Å². The van der Waals surface area contributed by atoms with Gasteiger partial charge in [0, 0.05) is 12.0 Å². The Balaban J connectivity index is 2.11. The summed E-state index contributed by atoms with van der Waals surface area (Å²) in [5.41, 5.74) is 0.593. The Hall–Kier alpha value is -1.39. The van der Waals surface area contributed by atoms with Crippen molar-refractivity contribution in [2.45, 2.75) is 18.2 Å². The quantitative estimate of drug-likeness (QED) is 0.778. The van der Waals surface area contributed by atoms with E-state index >= 15 is 0 Å². The van der Waals surface area contributed by atoms with E-state index in [1.165, 1.54) is 0 Å². The summed E-state index contributed by atoms with van der Waals surface area (Å²) in [5, 5.41) is 2.96. The normalized spacial score (nSPS) is 31.6. The molecule has 2 aliphatic rings. The molecule has 0 radical (unpaired) electrons. The maximum absolute atomic E-state index is 11.5. The van der Waals surface area contributed by atoms with E-state index in [9.17, 15) is 8.42 Å². The molecule has 0 bridgehead atoms. The molecule has 1 aromatic carbocycles. The zero-order valence-electron chi connectivity index (χ0n) is 9.42. The summed E-state index contributed by atoms with van der Waals surface area (Å²) in [6.07, 6.45) is 5.09. The Labute approximate surface area is 105 Å². The SMILES string of the molecule is C#CCNC12OS(=O)(=O)OC1Cc1ccccc12.